The summed E-state index contributed by atoms with van der Waals surface area (Å²) >= 11 is 5.32. The number of alkyl halides is 1. The Hall–Kier alpha value is 0.250. The van der Waals surface area contributed by atoms with Gasteiger partial charge in [-0.15, -0.1) is 11.6 Å². The van der Waals surface area contributed by atoms with E-state index in [4.69, 9.17) is 17.3 Å². The molecule has 1 nitrogen and oxygen atoms in total. The second-order valence-electron chi connectivity index (χ2n) is 1.45. The Morgan fingerprint density at radius 2 is 2.33 bits per heavy atom. The fraction of sp³-hybridized carbons (Fsp3) is 1.00. The summed E-state index contributed by atoms with van der Waals surface area (Å²) < 4.78 is 0. The normalized spacial score (nSPS) is 14.5. The molecule has 0 rings (SSSR count). The quantitative estimate of drug-likeness (QED) is 0.523. The molecule has 0 aromatic rings. The standard InChI is InChI=1S/C4H10ClN/c1-4(6)2-3-5/h4H,2-3,6H2,1H3/t4-/m0/s1. The molecule has 0 aliphatic carbocycles. The van der Waals surface area contributed by atoms with Gasteiger partial charge < -0.3 is 5.73 Å². The molecule has 0 aliphatic rings. The summed E-state index contributed by atoms with van der Waals surface area (Å²) in [6.07, 6.45) is 0.918. The third-order valence-electron chi connectivity index (χ3n) is 0.564. The van der Waals surface area contributed by atoms with Crippen molar-refractivity contribution in [3.05, 3.63) is 0 Å². The highest BCUT2D eigenvalue weighted by molar-refractivity contribution is 6.17. The molecule has 0 saturated carbocycles. The lowest BCUT2D eigenvalue weighted by Crippen LogP contribution is -2.14. The molecular formula is C4H10ClN. The maximum atomic E-state index is 5.32. The van der Waals surface area contributed by atoms with Gasteiger partial charge in [-0.25, -0.2) is 0 Å². The predicted molar refractivity (Wildman–Crippen MR) is 29.0 cm³/mol. The van der Waals surface area contributed by atoms with E-state index in [1.165, 1.54) is 0 Å². The van der Waals surface area contributed by atoms with Crippen LogP contribution in [0.4, 0.5) is 0 Å². The zero-order valence-corrected chi connectivity index (χ0v) is 4.70. The summed E-state index contributed by atoms with van der Waals surface area (Å²) in [5.41, 5.74) is 5.32. The Bertz CT molecular complexity index is 28.7. The molecule has 0 aliphatic heterocycles. The van der Waals surface area contributed by atoms with Crippen molar-refractivity contribution in [3.63, 3.8) is 0 Å². The van der Waals surface area contributed by atoms with Gasteiger partial charge in [-0.2, -0.15) is 0 Å². The summed E-state index contributed by atoms with van der Waals surface area (Å²) in [6, 6.07) is 0.266. The van der Waals surface area contributed by atoms with Crippen molar-refractivity contribution in [1.29, 1.82) is 0 Å². The van der Waals surface area contributed by atoms with Gasteiger partial charge in [-0.3, -0.25) is 0 Å². The average molecular weight is 108 g/mol. The molecule has 2 heteroatoms. The summed E-state index contributed by atoms with van der Waals surface area (Å²) in [5, 5.41) is 0. The highest BCUT2D eigenvalue weighted by Gasteiger charge is 1.86. The molecule has 0 saturated heterocycles. The average Bonchev–Trinajstić information content (AvgIpc) is 1.35. The van der Waals surface area contributed by atoms with Crippen molar-refractivity contribution in [3.8, 4) is 0 Å². The zero-order valence-electron chi connectivity index (χ0n) is 3.95. The molecule has 0 spiro atoms. The van der Waals surface area contributed by atoms with Crippen molar-refractivity contribution in [2.45, 2.75) is 19.4 Å². The van der Waals surface area contributed by atoms with Crippen LogP contribution in [0.25, 0.3) is 0 Å². The Balaban J connectivity index is 2.63. The van der Waals surface area contributed by atoms with Crippen LogP contribution in [-0.4, -0.2) is 11.9 Å². The van der Waals surface area contributed by atoms with Gasteiger partial charge in [0, 0.05) is 11.9 Å². The molecule has 0 radical (unpaired) electrons. The lowest BCUT2D eigenvalue weighted by molar-refractivity contribution is 0.719. The highest BCUT2D eigenvalue weighted by Crippen LogP contribution is 1.86. The van der Waals surface area contributed by atoms with Crippen LogP contribution in [0, 0.1) is 0 Å². The summed E-state index contributed by atoms with van der Waals surface area (Å²) in [5.74, 6) is 0.678. The molecule has 0 aromatic carbocycles. The van der Waals surface area contributed by atoms with Gasteiger partial charge in [0.2, 0.25) is 0 Å². The van der Waals surface area contributed by atoms with Crippen LogP contribution in [0.5, 0.6) is 0 Å². The topological polar surface area (TPSA) is 26.0 Å². The molecule has 38 valence electrons. The SMILES string of the molecule is C[C@H](N)CCCl. The molecule has 0 amide bonds. The van der Waals surface area contributed by atoms with Gasteiger partial charge in [0.05, 0.1) is 0 Å². The summed E-state index contributed by atoms with van der Waals surface area (Å²) in [7, 11) is 0. The van der Waals surface area contributed by atoms with Crippen LogP contribution in [0.1, 0.15) is 13.3 Å². The number of hydrogen-bond donors (Lipinski definition) is 1. The van der Waals surface area contributed by atoms with Crippen LogP contribution in [0.15, 0.2) is 0 Å². The molecular weight excluding hydrogens is 97.5 g/mol. The van der Waals surface area contributed by atoms with Gasteiger partial charge in [0.1, 0.15) is 0 Å². The fourth-order valence-corrected chi connectivity index (χ4v) is 0.516. The van der Waals surface area contributed by atoms with Gasteiger partial charge in [-0.1, -0.05) is 0 Å². The Labute approximate surface area is 43.5 Å². The third-order valence-corrected chi connectivity index (χ3v) is 0.783. The Morgan fingerprint density at radius 1 is 1.83 bits per heavy atom. The van der Waals surface area contributed by atoms with Crippen LogP contribution >= 0.6 is 11.6 Å². The number of rotatable bonds is 2. The molecule has 1 atom stereocenters. The minimum Gasteiger partial charge on any atom is -0.328 e. The van der Waals surface area contributed by atoms with Crippen molar-refractivity contribution < 1.29 is 0 Å². The van der Waals surface area contributed by atoms with Crippen LogP contribution in [0.3, 0.4) is 0 Å². The van der Waals surface area contributed by atoms with E-state index in [9.17, 15) is 0 Å². The second kappa shape index (κ2) is 3.44. The van der Waals surface area contributed by atoms with E-state index in [1.807, 2.05) is 6.92 Å². The minimum atomic E-state index is 0.266. The van der Waals surface area contributed by atoms with Gasteiger partial charge in [0.15, 0.2) is 0 Å². The summed E-state index contributed by atoms with van der Waals surface area (Å²) in [4.78, 5) is 0. The number of nitrogens with two attached hydrogens (primary N) is 1. The van der Waals surface area contributed by atoms with E-state index in [0.29, 0.717) is 5.88 Å². The maximum Gasteiger partial charge on any atom is 0.0238 e. The van der Waals surface area contributed by atoms with Crippen LogP contribution in [0.2, 0.25) is 0 Å². The fourth-order valence-electron chi connectivity index (χ4n) is 0.172. The lowest BCUT2D eigenvalue weighted by atomic mass is 10.3. The highest BCUT2D eigenvalue weighted by atomic mass is 35.5. The lowest BCUT2D eigenvalue weighted by Gasteiger charge is -1.95. The van der Waals surface area contributed by atoms with E-state index in [1.54, 1.807) is 0 Å². The Kier molecular flexibility index (Phi) is 3.58. The van der Waals surface area contributed by atoms with E-state index in [2.05, 4.69) is 0 Å². The molecule has 0 heterocycles. The van der Waals surface area contributed by atoms with E-state index >= 15 is 0 Å². The summed E-state index contributed by atoms with van der Waals surface area (Å²) in [6.45, 7) is 1.95. The monoisotopic (exact) mass is 107 g/mol. The maximum absolute atomic E-state index is 5.32. The zero-order chi connectivity index (χ0) is 4.99. The molecule has 0 bridgehead atoms. The van der Waals surface area contributed by atoms with Crippen molar-refractivity contribution in [1.82, 2.24) is 0 Å². The first-order chi connectivity index (χ1) is 2.77. The molecule has 0 aromatic heterocycles. The van der Waals surface area contributed by atoms with Crippen LogP contribution < -0.4 is 5.73 Å². The first-order valence-corrected chi connectivity index (χ1v) is 2.62. The van der Waals surface area contributed by atoms with E-state index in [-0.39, 0.29) is 6.04 Å². The van der Waals surface area contributed by atoms with Crippen LogP contribution in [-0.2, 0) is 0 Å². The molecule has 0 unspecified atom stereocenters. The van der Waals surface area contributed by atoms with Crippen molar-refractivity contribution >= 4 is 11.6 Å². The van der Waals surface area contributed by atoms with Gasteiger partial charge in [0.25, 0.3) is 0 Å². The molecule has 2 N–H and O–H groups in total. The first-order valence-electron chi connectivity index (χ1n) is 2.09. The molecule has 6 heavy (non-hydrogen) atoms. The van der Waals surface area contributed by atoms with Gasteiger partial charge >= 0.3 is 0 Å². The smallest absolute Gasteiger partial charge is 0.0238 e. The van der Waals surface area contributed by atoms with Crippen molar-refractivity contribution in [2.24, 2.45) is 5.73 Å². The first kappa shape index (κ1) is 6.25. The largest absolute Gasteiger partial charge is 0.328 e. The molecule has 0 fully saturated rings. The van der Waals surface area contributed by atoms with E-state index < -0.39 is 0 Å². The number of halogens is 1. The van der Waals surface area contributed by atoms with Gasteiger partial charge in [-0.05, 0) is 13.3 Å². The third kappa shape index (κ3) is 4.25. The minimum absolute atomic E-state index is 0.266. The van der Waals surface area contributed by atoms with E-state index in [0.717, 1.165) is 6.42 Å². The van der Waals surface area contributed by atoms with Crippen molar-refractivity contribution in [2.75, 3.05) is 5.88 Å². The second-order valence-corrected chi connectivity index (χ2v) is 1.83. The number of hydrogen-bond acceptors (Lipinski definition) is 1. The predicted octanol–water partition coefficient (Wildman–Crippen LogP) is 0.963. The Morgan fingerprint density at radius 3 is 2.33 bits per heavy atom.